The average molecular weight is 326 g/mol. The van der Waals surface area contributed by atoms with E-state index in [1.54, 1.807) is 17.5 Å². The maximum Gasteiger partial charge on any atom is 0.336 e. The van der Waals surface area contributed by atoms with Gasteiger partial charge in [0.15, 0.2) is 0 Å². The third-order valence-electron chi connectivity index (χ3n) is 3.98. The Morgan fingerprint density at radius 1 is 1.26 bits per heavy atom. The van der Waals surface area contributed by atoms with Crippen LogP contribution in [0.4, 0.5) is 0 Å². The van der Waals surface area contributed by atoms with Crippen LogP contribution in [0.2, 0.25) is 0 Å². The second kappa shape index (κ2) is 6.38. The Morgan fingerprint density at radius 3 is 2.70 bits per heavy atom. The van der Waals surface area contributed by atoms with Gasteiger partial charge in [-0.3, -0.25) is 4.98 Å². The van der Waals surface area contributed by atoms with Crippen molar-refractivity contribution in [3.05, 3.63) is 69.4 Å². The lowest BCUT2D eigenvalue weighted by Gasteiger charge is -2.30. The van der Waals surface area contributed by atoms with Crippen LogP contribution >= 0.6 is 11.3 Å². The number of hydrogen-bond donors (Lipinski definition) is 1. The van der Waals surface area contributed by atoms with Crippen LogP contribution in [0.1, 0.15) is 31.0 Å². The van der Waals surface area contributed by atoms with Gasteiger partial charge >= 0.3 is 5.97 Å². The Balaban J connectivity index is 2.21. The predicted octanol–water partition coefficient (Wildman–Crippen LogP) is 3.71. The number of nitrogens with one attached hydrogen (secondary N) is 1. The molecule has 0 saturated heterocycles. The summed E-state index contributed by atoms with van der Waals surface area (Å²) in [7, 11) is 1.42. The quantitative estimate of drug-likeness (QED) is 0.874. The maximum absolute atomic E-state index is 12.4. The molecule has 1 aliphatic rings. The number of allylic oxidation sites excluding steroid dienone is 3. The number of hydrogen-bond acceptors (Lipinski definition) is 5. The molecule has 5 heteroatoms. The molecule has 1 unspecified atom stereocenters. The van der Waals surface area contributed by atoms with Crippen LogP contribution in [-0.4, -0.2) is 18.1 Å². The van der Waals surface area contributed by atoms with Crippen molar-refractivity contribution in [1.82, 2.24) is 10.3 Å². The topological polar surface area (TPSA) is 51.2 Å². The van der Waals surface area contributed by atoms with Crippen LogP contribution in [0.5, 0.6) is 0 Å². The number of pyridine rings is 1. The van der Waals surface area contributed by atoms with Gasteiger partial charge in [-0.2, -0.15) is 11.3 Å². The summed E-state index contributed by atoms with van der Waals surface area (Å²) < 4.78 is 5.03. The zero-order chi connectivity index (χ0) is 16.4. The molecule has 3 heterocycles. The van der Waals surface area contributed by atoms with Crippen molar-refractivity contribution >= 4 is 22.9 Å². The third kappa shape index (κ3) is 2.80. The Kier molecular flexibility index (Phi) is 4.30. The highest BCUT2D eigenvalue weighted by Gasteiger charge is 2.35. The number of methoxy groups -OCH3 is 1. The van der Waals surface area contributed by atoms with E-state index in [4.69, 9.17) is 4.74 Å². The van der Waals surface area contributed by atoms with E-state index in [2.05, 4.69) is 15.7 Å². The zero-order valence-corrected chi connectivity index (χ0v) is 14.1. The van der Waals surface area contributed by atoms with Crippen molar-refractivity contribution in [2.75, 3.05) is 7.11 Å². The fraction of sp³-hybridized carbons (Fsp3) is 0.222. The molecule has 23 heavy (non-hydrogen) atoms. The van der Waals surface area contributed by atoms with Gasteiger partial charge in [0.25, 0.3) is 0 Å². The lowest BCUT2D eigenvalue weighted by molar-refractivity contribution is -0.136. The van der Waals surface area contributed by atoms with Crippen LogP contribution in [0, 0.1) is 0 Å². The molecule has 2 aromatic heterocycles. The van der Waals surface area contributed by atoms with Crippen molar-refractivity contribution in [3.63, 3.8) is 0 Å². The van der Waals surface area contributed by atoms with Crippen LogP contribution < -0.4 is 5.32 Å². The molecule has 2 aromatic rings. The van der Waals surface area contributed by atoms with Crippen LogP contribution in [-0.2, 0) is 9.53 Å². The summed E-state index contributed by atoms with van der Waals surface area (Å²) in [4.78, 5) is 16.9. The molecular weight excluding hydrogens is 308 g/mol. The number of carbonyl (C=O) groups excluding carboxylic acids is 1. The monoisotopic (exact) mass is 326 g/mol. The van der Waals surface area contributed by atoms with Crippen LogP contribution in [0.3, 0.4) is 0 Å². The number of ether oxygens (including phenoxy) is 1. The molecule has 3 rings (SSSR count). The smallest absolute Gasteiger partial charge is 0.336 e. The Morgan fingerprint density at radius 2 is 2.09 bits per heavy atom. The molecule has 118 valence electrons. The maximum atomic E-state index is 12.4. The molecule has 0 bridgehead atoms. The summed E-state index contributed by atoms with van der Waals surface area (Å²) in [6, 6.07) is 7.86. The first kappa shape index (κ1) is 15.5. The Bertz CT molecular complexity index is 777. The van der Waals surface area contributed by atoms with Crippen LogP contribution in [0.25, 0.3) is 5.57 Å². The second-order valence-corrected chi connectivity index (χ2v) is 6.18. The highest BCUT2D eigenvalue weighted by atomic mass is 32.1. The minimum atomic E-state index is -0.313. The normalized spacial score (nSPS) is 18.0. The lowest BCUT2D eigenvalue weighted by Crippen LogP contribution is -2.28. The number of carbonyl (C=O) groups is 1. The van der Waals surface area contributed by atoms with E-state index in [9.17, 15) is 4.79 Å². The molecule has 4 nitrogen and oxygen atoms in total. The number of dihydropyridines is 1. The summed E-state index contributed by atoms with van der Waals surface area (Å²) in [6.45, 7) is 3.92. The number of rotatable bonds is 3. The van der Waals surface area contributed by atoms with Gasteiger partial charge in [0.2, 0.25) is 0 Å². The van der Waals surface area contributed by atoms with Gasteiger partial charge in [-0.15, -0.1) is 0 Å². The molecule has 0 radical (unpaired) electrons. The van der Waals surface area contributed by atoms with E-state index < -0.39 is 0 Å². The zero-order valence-electron chi connectivity index (χ0n) is 13.3. The first-order valence-corrected chi connectivity index (χ1v) is 8.28. The van der Waals surface area contributed by atoms with Crippen molar-refractivity contribution in [2.45, 2.75) is 19.8 Å². The molecule has 0 amide bonds. The second-order valence-electron chi connectivity index (χ2n) is 5.40. The SMILES string of the molecule is COC(=O)C1=C(C)NC(C)=C(c2ccccn2)C1c1ccsc1. The number of esters is 1. The van der Waals surface area contributed by atoms with Gasteiger partial charge < -0.3 is 10.1 Å². The average Bonchev–Trinajstić information content (AvgIpc) is 3.08. The highest BCUT2D eigenvalue weighted by Crippen LogP contribution is 2.43. The van der Waals surface area contributed by atoms with Crippen molar-refractivity contribution in [1.29, 1.82) is 0 Å². The largest absolute Gasteiger partial charge is 0.466 e. The summed E-state index contributed by atoms with van der Waals surface area (Å²) in [6.07, 6.45) is 1.77. The van der Waals surface area contributed by atoms with Gasteiger partial charge in [-0.25, -0.2) is 4.79 Å². The predicted molar refractivity (Wildman–Crippen MR) is 91.7 cm³/mol. The molecule has 1 N–H and O–H groups in total. The molecule has 0 spiro atoms. The standard InChI is InChI=1S/C18H18N2O2S/c1-11-15(14-6-4-5-8-19-14)17(13-7-9-23-10-13)16(12(2)20-11)18(21)22-3/h4-10,17,20H,1-3H3. The van der Waals surface area contributed by atoms with E-state index in [1.165, 1.54) is 7.11 Å². The molecule has 0 saturated carbocycles. The third-order valence-corrected chi connectivity index (χ3v) is 4.68. The molecular formula is C18H18N2O2S. The molecule has 1 aliphatic heterocycles. The minimum Gasteiger partial charge on any atom is -0.466 e. The molecule has 0 aliphatic carbocycles. The van der Waals surface area contributed by atoms with Crippen LogP contribution in [0.15, 0.2) is 58.2 Å². The van der Waals surface area contributed by atoms with E-state index in [1.807, 2.05) is 43.5 Å². The fourth-order valence-corrected chi connectivity index (χ4v) is 3.69. The van der Waals surface area contributed by atoms with Gasteiger partial charge in [0.05, 0.1) is 18.4 Å². The first-order chi connectivity index (χ1) is 11.1. The number of nitrogens with zero attached hydrogens (tertiary/aromatic N) is 1. The minimum absolute atomic E-state index is 0.176. The Labute approximate surface area is 139 Å². The Hall–Kier alpha value is -2.40. The van der Waals surface area contributed by atoms with Crippen molar-refractivity contribution in [2.24, 2.45) is 0 Å². The first-order valence-electron chi connectivity index (χ1n) is 7.34. The summed E-state index contributed by atoms with van der Waals surface area (Å²) >= 11 is 1.62. The van der Waals surface area contributed by atoms with Gasteiger partial charge in [-0.1, -0.05) is 6.07 Å². The van der Waals surface area contributed by atoms with Gasteiger partial charge in [-0.05, 0) is 48.4 Å². The number of thiophene rings is 1. The van der Waals surface area contributed by atoms with Crippen molar-refractivity contribution in [3.8, 4) is 0 Å². The van der Waals surface area contributed by atoms with E-state index in [0.717, 1.165) is 28.2 Å². The molecule has 0 aromatic carbocycles. The highest BCUT2D eigenvalue weighted by molar-refractivity contribution is 7.08. The molecule has 0 fully saturated rings. The lowest BCUT2D eigenvalue weighted by atomic mass is 9.80. The fourth-order valence-electron chi connectivity index (χ4n) is 3.01. The van der Waals surface area contributed by atoms with Gasteiger partial charge in [0.1, 0.15) is 0 Å². The van der Waals surface area contributed by atoms with E-state index >= 15 is 0 Å². The molecule has 1 atom stereocenters. The summed E-state index contributed by atoms with van der Waals surface area (Å²) in [5, 5.41) is 7.40. The number of aromatic nitrogens is 1. The van der Waals surface area contributed by atoms with E-state index in [-0.39, 0.29) is 11.9 Å². The summed E-state index contributed by atoms with van der Waals surface area (Å²) in [5.41, 5.74) is 5.42. The van der Waals surface area contributed by atoms with Crippen molar-refractivity contribution < 1.29 is 9.53 Å². The van der Waals surface area contributed by atoms with E-state index in [0.29, 0.717) is 5.57 Å². The van der Waals surface area contributed by atoms with Gasteiger partial charge in [0, 0.05) is 29.1 Å². The summed E-state index contributed by atoms with van der Waals surface area (Å²) in [5.74, 6) is -0.489.